The van der Waals surface area contributed by atoms with Gasteiger partial charge in [-0.3, -0.25) is 0 Å². The van der Waals surface area contributed by atoms with Gasteiger partial charge in [-0.2, -0.15) is 0 Å². The first-order valence-corrected chi connectivity index (χ1v) is 5.31. The zero-order valence-electron chi connectivity index (χ0n) is 8.42. The molecule has 1 aliphatic carbocycles. The summed E-state index contributed by atoms with van der Waals surface area (Å²) in [6.07, 6.45) is 8.04. The summed E-state index contributed by atoms with van der Waals surface area (Å²) in [7, 11) is 2.08. The van der Waals surface area contributed by atoms with E-state index in [1.54, 1.807) is 0 Å². The van der Waals surface area contributed by atoms with Crippen molar-refractivity contribution in [3.63, 3.8) is 0 Å². The molecule has 1 fully saturated rings. The van der Waals surface area contributed by atoms with Crippen molar-refractivity contribution in [2.24, 2.45) is 0 Å². The molecule has 1 N–H and O–H groups in total. The third-order valence-corrected chi connectivity index (χ3v) is 3.33. The van der Waals surface area contributed by atoms with Crippen LogP contribution < -0.4 is 0 Å². The average molecular weight is 181 g/mol. The van der Waals surface area contributed by atoms with Crippen LogP contribution >= 0.6 is 0 Å². The first-order valence-electron chi connectivity index (χ1n) is 5.31. The number of aliphatic hydroxyl groups is 1. The minimum atomic E-state index is -0.477. The van der Waals surface area contributed by atoms with Crippen LogP contribution in [0.2, 0.25) is 0 Å². The summed E-state index contributed by atoms with van der Waals surface area (Å²) in [5, 5.41) is 10.4. The first kappa shape index (κ1) is 9.22. The normalized spacial score (nSPS) is 36.3. The Kier molecular flexibility index (Phi) is 2.43. The third kappa shape index (κ3) is 1.79. The van der Waals surface area contributed by atoms with Crippen molar-refractivity contribution in [2.45, 2.75) is 37.7 Å². The van der Waals surface area contributed by atoms with E-state index in [0.717, 1.165) is 25.9 Å². The Hall–Kier alpha value is -0.340. The minimum Gasteiger partial charge on any atom is -0.384 e. The van der Waals surface area contributed by atoms with Gasteiger partial charge in [-0.25, -0.2) is 0 Å². The van der Waals surface area contributed by atoms with Crippen molar-refractivity contribution >= 4 is 0 Å². The molecule has 0 aromatic carbocycles. The van der Waals surface area contributed by atoms with Gasteiger partial charge in [0.05, 0.1) is 5.60 Å². The van der Waals surface area contributed by atoms with Crippen LogP contribution in [0.4, 0.5) is 0 Å². The van der Waals surface area contributed by atoms with E-state index < -0.39 is 5.60 Å². The van der Waals surface area contributed by atoms with E-state index in [9.17, 15) is 5.11 Å². The quantitative estimate of drug-likeness (QED) is 0.620. The second-order valence-electron chi connectivity index (χ2n) is 4.49. The van der Waals surface area contributed by atoms with Crippen molar-refractivity contribution in [1.82, 2.24) is 4.90 Å². The fraction of sp³-hybridized carbons (Fsp3) is 0.818. The summed E-state index contributed by atoms with van der Waals surface area (Å²) in [4.78, 5) is 2.22. The topological polar surface area (TPSA) is 23.5 Å². The van der Waals surface area contributed by atoms with E-state index in [4.69, 9.17) is 0 Å². The van der Waals surface area contributed by atoms with Crippen molar-refractivity contribution in [1.29, 1.82) is 0 Å². The van der Waals surface area contributed by atoms with Gasteiger partial charge in [-0.1, -0.05) is 6.08 Å². The summed E-state index contributed by atoms with van der Waals surface area (Å²) in [5.41, 5.74) is 0.831. The zero-order chi connectivity index (χ0) is 9.31. The van der Waals surface area contributed by atoms with E-state index in [-0.39, 0.29) is 0 Å². The molecule has 0 radical (unpaired) electrons. The molecule has 0 amide bonds. The Balaban J connectivity index is 2.10. The maximum absolute atomic E-state index is 10.4. The van der Waals surface area contributed by atoms with Crippen LogP contribution in [0.25, 0.3) is 0 Å². The lowest BCUT2D eigenvalue weighted by molar-refractivity contribution is 0.0840. The summed E-state index contributed by atoms with van der Waals surface area (Å²) in [6, 6.07) is 0. The number of likely N-dealkylation sites (tertiary alicyclic amines) is 1. The number of hydrogen-bond donors (Lipinski definition) is 1. The van der Waals surface area contributed by atoms with Crippen molar-refractivity contribution in [2.75, 3.05) is 20.1 Å². The van der Waals surface area contributed by atoms with Crippen LogP contribution in [-0.2, 0) is 0 Å². The van der Waals surface area contributed by atoms with E-state index in [0.29, 0.717) is 0 Å². The lowest BCUT2D eigenvalue weighted by atomic mass is 9.85. The molecule has 0 bridgehead atoms. The molecular weight excluding hydrogens is 162 g/mol. The van der Waals surface area contributed by atoms with Gasteiger partial charge in [0.15, 0.2) is 0 Å². The highest BCUT2D eigenvalue weighted by Crippen LogP contribution is 2.33. The molecule has 0 aromatic heterocycles. The standard InChI is InChI=1S/C11H19NO/c1-12-8-7-11(13,9-12)10-5-3-2-4-6-10/h5,13H,2-4,6-9H2,1H3. The van der Waals surface area contributed by atoms with Gasteiger partial charge in [0.1, 0.15) is 0 Å². The Morgan fingerprint density at radius 3 is 2.85 bits per heavy atom. The SMILES string of the molecule is CN1CCC(O)(C2=CCCCC2)C1. The molecule has 0 saturated carbocycles. The van der Waals surface area contributed by atoms with Gasteiger partial charge in [-0.15, -0.1) is 0 Å². The predicted octanol–water partition coefficient (Wildman–Crippen LogP) is 1.55. The Morgan fingerprint density at radius 2 is 2.31 bits per heavy atom. The van der Waals surface area contributed by atoms with Gasteiger partial charge in [0, 0.05) is 13.1 Å². The van der Waals surface area contributed by atoms with Crippen LogP contribution in [0.5, 0.6) is 0 Å². The highest BCUT2D eigenvalue weighted by molar-refractivity contribution is 5.21. The number of β-amino-alcohol motifs (C(OH)–C–C–N with tert-alkyl or cyclic N) is 1. The Bertz CT molecular complexity index is 224. The molecule has 2 rings (SSSR count). The largest absolute Gasteiger partial charge is 0.384 e. The lowest BCUT2D eigenvalue weighted by Gasteiger charge is -2.28. The van der Waals surface area contributed by atoms with Gasteiger partial charge in [0.25, 0.3) is 0 Å². The van der Waals surface area contributed by atoms with Gasteiger partial charge in [-0.05, 0) is 44.7 Å². The van der Waals surface area contributed by atoms with E-state index in [1.807, 2.05) is 0 Å². The van der Waals surface area contributed by atoms with Crippen molar-refractivity contribution in [3.05, 3.63) is 11.6 Å². The fourth-order valence-corrected chi connectivity index (χ4v) is 2.50. The van der Waals surface area contributed by atoms with Gasteiger partial charge >= 0.3 is 0 Å². The third-order valence-electron chi connectivity index (χ3n) is 3.33. The van der Waals surface area contributed by atoms with E-state index in [2.05, 4.69) is 18.0 Å². The molecule has 1 aliphatic heterocycles. The van der Waals surface area contributed by atoms with Crippen LogP contribution in [0.1, 0.15) is 32.1 Å². The Morgan fingerprint density at radius 1 is 1.46 bits per heavy atom. The maximum atomic E-state index is 10.4. The highest BCUT2D eigenvalue weighted by atomic mass is 16.3. The molecule has 2 aliphatic rings. The molecule has 0 spiro atoms. The van der Waals surface area contributed by atoms with Gasteiger partial charge in [0.2, 0.25) is 0 Å². The van der Waals surface area contributed by atoms with Crippen LogP contribution in [0.15, 0.2) is 11.6 Å². The smallest absolute Gasteiger partial charge is 0.0995 e. The number of nitrogens with zero attached hydrogens (tertiary/aromatic N) is 1. The Labute approximate surface area is 80.2 Å². The number of likely N-dealkylation sites (N-methyl/N-ethyl adjacent to an activating group) is 1. The number of allylic oxidation sites excluding steroid dienone is 1. The van der Waals surface area contributed by atoms with E-state index >= 15 is 0 Å². The second kappa shape index (κ2) is 3.43. The molecule has 2 heteroatoms. The van der Waals surface area contributed by atoms with Crippen LogP contribution in [-0.4, -0.2) is 35.7 Å². The molecular formula is C11H19NO. The molecule has 2 nitrogen and oxygen atoms in total. The predicted molar refractivity (Wildman–Crippen MR) is 53.6 cm³/mol. The fourth-order valence-electron chi connectivity index (χ4n) is 2.50. The average Bonchev–Trinajstić information content (AvgIpc) is 2.49. The minimum absolute atomic E-state index is 0.477. The molecule has 0 aromatic rings. The zero-order valence-corrected chi connectivity index (χ0v) is 8.42. The summed E-state index contributed by atoms with van der Waals surface area (Å²) < 4.78 is 0. The van der Waals surface area contributed by atoms with Crippen LogP contribution in [0, 0.1) is 0 Å². The number of rotatable bonds is 1. The molecule has 1 saturated heterocycles. The second-order valence-corrected chi connectivity index (χ2v) is 4.49. The van der Waals surface area contributed by atoms with Crippen molar-refractivity contribution < 1.29 is 5.11 Å². The summed E-state index contributed by atoms with van der Waals surface area (Å²) in [5.74, 6) is 0. The summed E-state index contributed by atoms with van der Waals surface area (Å²) in [6.45, 7) is 1.87. The van der Waals surface area contributed by atoms with Gasteiger partial charge < -0.3 is 10.0 Å². The number of hydrogen-bond acceptors (Lipinski definition) is 2. The van der Waals surface area contributed by atoms with Crippen LogP contribution in [0.3, 0.4) is 0 Å². The molecule has 1 unspecified atom stereocenters. The lowest BCUT2D eigenvalue weighted by Crippen LogP contribution is -2.34. The molecule has 74 valence electrons. The van der Waals surface area contributed by atoms with Crippen molar-refractivity contribution in [3.8, 4) is 0 Å². The molecule has 13 heavy (non-hydrogen) atoms. The maximum Gasteiger partial charge on any atom is 0.0995 e. The first-order chi connectivity index (χ1) is 6.21. The molecule has 1 heterocycles. The highest BCUT2D eigenvalue weighted by Gasteiger charge is 2.37. The summed E-state index contributed by atoms with van der Waals surface area (Å²) >= 11 is 0. The van der Waals surface area contributed by atoms with E-state index in [1.165, 1.54) is 24.8 Å². The molecule has 1 atom stereocenters. The monoisotopic (exact) mass is 181 g/mol.